The Labute approximate surface area is 102 Å². The molecule has 2 rings (SSSR count). The van der Waals surface area contributed by atoms with Crippen molar-refractivity contribution >= 4 is 33.0 Å². The molecule has 84 valence electrons. The quantitative estimate of drug-likeness (QED) is 0.911. The van der Waals surface area contributed by atoms with E-state index in [9.17, 15) is 8.42 Å². The number of pyridine rings is 1. The highest BCUT2D eigenvalue weighted by Gasteiger charge is 2.16. The van der Waals surface area contributed by atoms with Crippen molar-refractivity contribution in [3.05, 3.63) is 35.6 Å². The molecule has 2 aromatic heterocycles. The number of halogens is 1. The Hall–Kier alpha value is -0.950. The van der Waals surface area contributed by atoms with Crippen LogP contribution in [0.4, 0.5) is 0 Å². The van der Waals surface area contributed by atoms with Gasteiger partial charge in [0.25, 0.3) is 0 Å². The van der Waals surface area contributed by atoms with Crippen LogP contribution in [0.3, 0.4) is 0 Å². The van der Waals surface area contributed by atoms with E-state index >= 15 is 0 Å². The van der Waals surface area contributed by atoms with Gasteiger partial charge in [0.1, 0.15) is 4.21 Å². The molecule has 0 radical (unpaired) electrons. The van der Waals surface area contributed by atoms with E-state index in [1.807, 2.05) is 0 Å². The number of thiophene rings is 1. The Balaban J connectivity index is 2.57. The van der Waals surface area contributed by atoms with Gasteiger partial charge in [-0.1, -0.05) is 17.7 Å². The normalized spacial score (nSPS) is 11.6. The third-order valence-corrected chi connectivity index (χ3v) is 4.88. The first kappa shape index (κ1) is 11.5. The van der Waals surface area contributed by atoms with E-state index < -0.39 is 10.0 Å². The highest BCUT2D eigenvalue weighted by molar-refractivity contribution is 7.91. The lowest BCUT2D eigenvalue weighted by Crippen LogP contribution is -2.09. The molecule has 0 atom stereocenters. The first-order chi connectivity index (χ1) is 7.48. The molecule has 2 aromatic rings. The van der Waals surface area contributed by atoms with Gasteiger partial charge in [0.15, 0.2) is 0 Å². The van der Waals surface area contributed by atoms with E-state index in [1.165, 1.54) is 6.07 Å². The molecule has 4 nitrogen and oxygen atoms in total. The second-order valence-electron chi connectivity index (χ2n) is 3.03. The minimum absolute atomic E-state index is 0.0522. The Kier molecular flexibility index (Phi) is 2.98. The summed E-state index contributed by atoms with van der Waals surface area (Å²) in [5.74, 6) is 0. The summed E-state index contributed by atoms with van der Waals surface area (Å²) in [5.41, 5.74) is 0.771. The lowest BCUT2D eigenvalue weighted by Gasteiger charge is -1.95. The van der Waals surface area contributed by atoms with Crippen LogP contribution in [0.1, 0.15) is 0 Å². The van der Waals surface area contributed by atoms with Crippen LogP contribution in [-0.4, -0.2) is 13.4 Å². The van der Waals surface area contributed by atoms with Crippen LogP contribution in [-0.2, 0) is 10.0 Å². The summed E-state index contributed by atoms with van der Waals surface area (Å²) in [7, 11) is -3.70. The lowest BCUT2D eigenvalue weighted by molar-refractivity contribution is 0.600. The molecule has 16 heavy (non-hydrogen) atoms. The Morgan fingerprint density at radius 2 is 2.19 bits per heavy atom. The maximum absolute atomic E-state index is 11.1. The molecular weight excluding hydrogens is 268 g/mol. The number of aromatic nitrogens is 1. The van der Waals surface area contributed by atoms with E-state index in [4.69, 9.17) is 16.7 Å². The summed E-state index contributed by atoms with van der Waals surface area (Å²) >= 11 is 6.98. The predicted molar refractivity (Wildman–Crippen MR) is 63.9 cm³/mol. The maximum atomic E-state index is 11.1. The summed E-state index contributed by atoms with van der Waals surface area (Å²) in [5, 5.41) is 5.39. The van der Waals surface area contributed by atoms with Gasteiger partial charge in [0, 0.05) is 18.0 Å². The first-order valence-electron chi connectivity index (χ1n) is 4.21. The van der Waals surface area contributed by atoms with Crippen molar-refractivity contribution in [3.63, 3.8) is 0 Å². The number of hydrogen-bond acceptors (Lipinski definition) is 4. The third-order valence-electron chi connectivity index (χ3n) is 1.87. The lowest BCUT2D eigenvalue weighted by atomic mass is 10.2. The standard InChI is InChI=1S/C9H7ClN2O2S2/c10-7-4-8(16(11,13)14)15-9(7)6-2-1-3-12-5-6/h1-5H,(H2,11,13,14). The molecule has 0 aliphatic heterocycles. The second-order valence-corrected chi connectivity index (χ2v) is 6.28. The molecule has 0 saturated carbocycles. The fourth-order valence-electron chi connectivity index (χ4n) is 1.18. The molecule has 2 N–H and O–H groups in total. The maximum Gasteiger partial charge on any atom is 0.247 e. The van der Waals surface area contributed by atoms with Crippen LogP contribution in [0.2, 0.25) is 5.02 Å². The van der Waals surface area contributed by atoms with Crippen molar-refractivity contribution in [1.82, 2.24) is 4.98 Å². The molecule has 0 unspecified atom stereocenters. The molecule has 0 aliphatic carbocycles. The SMILES string of the molecule is NS(=O)(=O)c1cc(Cl)c(-c2cccnc2)s1. The zero-order valence-electron chi connectivity index (χ0n) is 7.92. The molecule has 0 aromatic carbocycles. The highest BCUT2D eigenvalue weighted by atomic mass is 35.5. The number of sulfonamides is 1. The van der Waals surface area contributed by atoms with Gasteiger partial charge < -0.3 is 0 Å². The molecule has 0 saturated heterocycles. The van der Waals surface area contributed by atoms with Crippen molar-refractivity contribution in [1.29, 1.82) is 0 Å². The van der Waals surface area contributed by atoms with Crippen molar-refractivity contribution in [2.24, 2.45) is 5.14 Å². The summed E-state index contributed by atoms with van der Waals surface area (Å²) in [4.78, 5) is 4.59. The molecule has 2 heterocycles. The minimum Gasteiger partial charge on any atom is -0.264 e. The zero-order chi connectivity index (χ0) is 11.8. The van der Waals surface area contributed by atoms with Gasteiger partial charge in [0.2, 0.25) is 10.0 Å². The van der Waals surface area contributed by atoms with Gasteiger partial charge in [-0.25, -0.2) is 13.6 Å². The molecule has 0 amide bonds. The summed E-state index contributed by atoms with van der Waals surface area (Å²) < 4.78 is 22.3. The van der Waals surface area contributed by atoms with Gasteiger partial charge in [-0.15, -0.1) is 11.3 Å². The second kappa shape index (κ2) is 4.14. The Bertz CT molecular complexity index is 608. The van der Waals surface area contributed by atoms with Crippen LogP contribution in [0.25, 0.3) is 10.4 Å². The van der Waals surface area contributed by atoms with Crippen LogP contribution < -0.4 is 5.14 Å². The average molecular weight is 275 g/mol. The largest absolute Gasteiger partial charge is 0.264 e. The van der Waals surface area contributed by atoms with Crippen LogP contribution in [0, 0.1) is 0 Å². The van der Waals surface area contributed by atoms with Crippen LogP contribution >= 0.6 is 22.9 Å². The zero-order valence-corrected chi connectivity index (χ0v) is 10.3. The molecule has 0 fully saturated rings. The monoisotopic (exact) mass is 274 g/mol. The number of hydrogen-bond donors (Lipinski definition) is 1. The van der Waals surface area contributed by atoms with E-state index in [0.717, 1.165) is 16.9 Å². The molecule has 7 heteroatoms. The van der Waals surface area contributed by atoms with E-state index in [0.29, 0.717) is 9.90 Å². The number of rotatable bonds is 2. The highest BCUT2D eigenvalue weighted by Crippen LogP contribution is 2.37. The number of nitrogens with two attached hydrogens (primary N) is 1. The van der Waals surface area contributed by atoms with Gasteiger partial charge in [-0.05, 0) is 12.1 Å². The van der Waals surface area contributed by atoms with Gasteiger partial charge in [-0.2, -0.15) is 0 Å². The topological polar surface area (TPSA) is 73.1 Å². The third kappa shape index (κ3) is 2.25. The van der Waals surface area contributed by atoms with Gasteiger partial charge in [0.05, 0.1) is 9.90 Å². The van der Waals surface area contributed by atoms with E-state index in [-0.39, 0.29) is 4.21 Å². The molecular formula is C9H7ClN2O2S2. The van der Waals surface area contributed by atoms with Crippen LogP contribution in [0.15, 0.2) is 34.8 Å². The Morgan fingerprint density at radius 1 is 1.44 bits per heavy atom. The fourth-order valence-corrected chi connectivity index (χ4v) is 3.41. The van der Waals surface area contributed by atoms with Crippen molar-refractivity contribution in [2.45, 2.75) is 4.21 Å². The molecule has 0 bridgehead atoms. The number of nitrogens with zero attached hydrogens (tertiary/aromatic N) is 1. The van der Waals surface area contributed by atoms with Crippen molar-refractivity contribution in [2.75, 3.05) is 0 Å². The van der Waals surface area contributed by atoms with Crippen molar-refractivity contribution < 1.29 is 8.42 Å². The number of primary sulfonamides is 1. The van der Waals surface area contributed by atoms with E-state index in [2.05, 4.69) is 4.98 Å². The minimum atomic E-state index is -3.70. The summed E-state index contributed by atoms with van der Waals surface area (Å²) in [6, 6.07) is 4.91. The summed E-state index contributed by atoms with van der Waals surface area (Å²) in [6.45, 7) is 0. The van der Waals surface area contributed by atoms with E-state index in [1.54, 1.807) is 24.5 Å². The summed E-state index contributed by atoms with van der Waals surface area (Å²) in [6.07, 6.45) is 3.25. The molecule has 0 aliphatic rings. The first-order valence-corrected chi connectivity index (χ1v) is 6.95. The van der Waals surface area contributed by atoms with Gasteiger partial charge in [-0.3, -0.25) is 4.98 Å². The smallest absolute Gasteiger partial charge is 0.247 e. The van der Waals surface area contributed by atoms with Crippen LogP contribution in [0.5, 0.6) is 0 Å². The fraction of sp³-hybridized carbons (Fsp3) is 0. The van der Waals surface area contributed by atoms with Crippen molar-refractivity contribution in [3.8, 4) is 10.4 Å². The predicted octanol–water partition coefficient (Wildman–Crippen LogP) is 2.11. The average Bonchev–Trinajstić information content (AvgIpc) is 2.61. The Morgan fingerprint density at radius 3 is 2.69 bits per heavy atom. The van der Waals surface area contributed by atoms with Gasteiger partial charge >= 0.3 is 0 Å². The molecule has 0 spiro atoms.